The summed E-state index contributed by atoms with van der Waals surface area (Å²) in [6, 6.07) is 8.54. The minimum atomic E-state index is -1.36. The monoisotopic (exact) mass is 597 g/mol. The van der Waals surface area contributed by atoms with Crippen molar-refractivity contribution in [1.29, 1.82) is 0 Å². The highest BCUT2D eigenvalue weighted by molar-refractivity contribution is 8.30. The summed E-state index contributed by atoms with van der Waals surface area (Å²) < 4.78 is 26.8. The Morgan fingerprint density at radius 3 is 2.21 bits per heavy atom. The van der Waals surface area contributed by atoms with E-state index in [0.717, 1.165) is 42.7 Å². The fraction of sp³-hybridized carbons (Fsp3) is 0.694. The van der Waals surface area contributed by atoms with E-state index in [-0.39, 0.29) is 34.4 Å². The molecule has 3 atom stereocenters. The van der Waals surface area contributed by atoms with Gasteiger partial charge in [0, 0.05) is 53.3 Å². The Hall–Kier alpha value is -1.60. The Kier molecular flexibility index (Phi) is 8.63. The number of hydrogen-bond acceptors (Lipinski definition) is 5. The average molecular weight is 598 g/mol. The van der Waals surface area contributed by atoms with E-state index in [2.05, 4.69) is 99.8 Å². The summed E-state index contributed by atoms with van der Waals surface area (Å²) in [7, 11) is -1.36. The Morgan fingerprint density at radius 1 is 1.02 bits per heavy atom. The molecule has 0 radical (unpaired) electrons. The number of aromatic nitrogens is 1. The highest BCUT2D eigenvalue weighted by Crippen LogP contribution is 2.64. The van der Waals surface area contributed by atoms with Crippen LogP contribution in [0.2, 0.25) is 0 Å². The molecule has 3 heterocycles. The molecule has 1 aromatic heterocycles. The van der Waals surface area contributed by atoms with Crippen LogP contribution in [-0.4, -0.2) is 41.1 Å². The molecule has 1 unspecified atom stereocenters. The van der Waals surface area contributed by atoms with Crippen molar-refractivity contribution in [3.8, 4) is 5.75 Å². The average Bonchev–Trinajstić information content (AvgIpc) is 3.21. The first-order chi connectivity index (χ1) is 19.6. The smallest absolute Gasteiger partial charge is 0.119 e. The van der Waals surface area contributed by atoms with Crippen LogP contribution in [0.25, 0.3) is 0 Å². The van der Waals surface area contributed by atoms with Crippen molar-refractivity contribution in [2.75, 3.05) is 25.2 Å². The molecule has 1 fully saturated rings. The van der Waals surface area contributed by atoms with E-state index in [4.69, 9.17) is 23.4 Å². The Labute approximate surface area is 257 Å². The van der Waals surface area contributed by atoms with Crippen molar-refractivity contribution < 1.29 is 18.4 Å². The van der Waals surface area contributed by atoms with Gasteiger partial charge in [0.2, 0.25) is 0 Å². The molecular weight excluding hydrogens is 542 g/mol. The highest BCUT2D eigenvalue weighted by Gasteiger charge is 2.53. The Bertz CT molecular complexity index is 1270. The fourth-order valence-electron chi connectivity index (χ4n) is 7.12. The molecular formula is C36H55NO4S. The molecule has 1 saturated heterocycles. The van der Waals surface area contributed by atoms with E-state index in [0.29, 0.717) is 13.2 Å². The van der Waals surface area contributed by atoms with Crippen LogP contribution in [0.1, 0.15) is 140 Å². The molecule has 1 spiro atoms. The van der Waals surface area contributed by atoms with Crippen molar-refractivity contribution in [1.82, 2.24) is 4.98 Å². The minimum absolute atomic E-state index is 0.00530. The summed E-state index contributed by atoms with van der Waals surface area (Å²) >= 11 is 0. The minimum Gasteiger partial charge on any atom is -0.491 e. The van der Waals surface area contributed by atoms with Crippen LogP contribution in [0, 0.1) is 5.41 Å². The standard InChI is InChI=1S/C36H55NO4S/c1-12-42(11,34(6,7)8)41-28-22-35(9,10)21-27-29(28)31-30(32(37-27)23(2)3)33(40-36(31)17-19-38-20-18-36)25-13-15-26(16-14-25)39-24(4)5/h13-16,23-24,28,33H,12,17-22H2,1-11H3/t28-,33+/m0/s1. The van der Waals surface area contributed by atoms with Crippen molar-refractivity contribution in [2.24, 2.45) is 5.41 Å². The molecule has 42 heavy (non-hydrogen) atoms. The second-order valence-corrected chi connectivity index (χ2v) is 19.2. The van der Waals surface area contributed by atoms with Gasteiger partial charge >= 0.3 is 0 Å². The molecule has 0 N–H and O–H groups in total. The quantitative estimate of drug-likeness (QED) is 0.318. The zero-order chi connectivity index (χ0) is 30.7. The molecule has 3 aliphatic rings. The van der Waals surface area contributed by atoms with Gasteiger partial charge in [-0.25, -0.2) is 0 Å². The number of hydrogen-bond donors (Lipinski definition) is 0. The normalized spacial score (nSPS) is 25.3. The molecule has 6 heteroatoms. The maximum Gasteiger partial charge on any atom is 0.119 e. The predicted octanol–water partition coefficient (Wildman–Crippen LogP) is 9.32. The van der Waals surface area contributed by atoms with Crippen LogP contribution in [0.4, 0.5) is 0 Å². The fourth-order valence-corrected chi connectivity index (χ4v) is 9.08. The van der Waals surface area contributed by atoms with E-state index >= 15 is 0 Å². The lowest BCUT2D eigenvalue weighted by Crippen LogP contribution is -2.38. The van der Waals surface area contributed by atoms with Gasteiger partial charge in [0.1, 0.15) is 11.9 Å². The SMILES string of the molecule is CCS(C)(O[C@H]1CC(C)(C)Cc2nc(C(C)C)c3c(c21)C1(CCOCC1)O[C@@H]3c1ccc(OC(C)C)cc1)C(C)(C)C. The molecule has 2 aromatic rings. The summed E-state index contributed by atoms with van der Waals surface area (Å²) in [5, 5.41) is 0. The molecule has 0 saturated carbocycles. The van der Waals surface area contributed by atoms with Gasteiger partial charge in [-0.05, 0) is 73.3 Å². The van der Waals surface area contributed by atoms with Crippen LogP contribution < -0.4 is 4.74 Å². The predicted molar refractivity (Wildman–Crippen MR) is 175 cm³/mol. The first kappa shape index (κ1) is 31.8. The van der Waals surface area contributed by atoms with Crippen molar-refractivity contribution in [3.05, 3.63) is 57.9 Å². The number of pyridine rings is 1. The van der Waals surface area contributed by atoms with E-state index in [1.807, 2.05) is 0 Å². The second-order valence-electron chi connectivity index (χ2n) is 15.2. The van der Waals surface area contributed by atoms with Crippen LogP contribution in [-0.2, 0) is 25.7 Å². The topological polar surface area (TPSA) is 49.8 Å². The third-order valence-corrected chi connectivity index (χ3v) is 14.1. The summed E-state index contributed by atoms with van der Waals surface area (Å²) in [5.41, 5.74) is 7.25. The van der Waals surface area contributed by atoms with Crippen LogP contribution in [0.3, 0.4) is 0 Å². The third kappa shape index (κ3) is 5.78. The van der Waals surface area contributed by atoms with Crippen molar-refractivity contribution in [3.63, 3.8) is 0 Å². The van der Waals surface area contributed by atoms with Crippen molar-refractivity contribution >= 4 is 10.3 Å². The third-order valence-electron chi connectivity index (χ3n) is 9.72. The first-order valence-electron chi connectivity index (χ1n) is 16.1. The lowest BCUT2D eigenvalue weighted by Gasteiger charge is -2.51. The van der Waals surface area contributed by atoms with Gasteiger partial charge in [0.25, 0.3) is 0 Å². The molecule has 234 valence electrons. The largest absolute Gasteiger partial charge is 0.491 e. The zero-order valence-corrected chi connectivity index (χ0v) is 28.9. The summed E-state index contributed by atoms with van der Waals surface area (Å²) in [4.78, 5) is 5.55. The van der Waals surface area contributed by atoms with E-state index in [1.165, 1.54) is 28.1 Å². The van der Waals surface area contributed by atoms with Gasteiger partial charge in [0.05, 0.1) is 17.8 Å². The summed E-state index contributed by atoms with van der Waals surface area (Å²) in [5.74, 6) is 2.20. The van der Waals surface area contributed by atoms with Gasteiger partial charge < -0.3 is 18.4 Å². The highest BCUT2D eigenvalue weighted by atomic mass is 32.3. The number of rotatable bonds is 7. The van der Waals surface area contributed by atoms with Gasteiger partial charge in [-0.15, -0.1) is 10.3 Å². The molecule has 1 aromatic carbocycles. The lowest BCUT2D eigenvalue weighted by molar-refractivity contribution is -0.122. The Morgan fingerprint density at radius 2 is 1.67 bits per heavy atom. The number of fused-ring (bicyclic) bond motifs is 4. The lowest BCUT2D eigenvalue weighted by atomic mass is 9.70. The molecule has 0 bridgehead atoms. The number of ether oxygens (including phenoxy) is 3. The van der Waals surface area contributed by atoms with Crippen LogP contribution in [0.5, 0.6) is 5.75 Å². The number of nitrogens with zero attached hydrogens (tertiary/aromatic N) is 1. The molecule has 1 aliphatic carbocycles. The molecule has 5 rings (SSSR count). The molecule has 0 amide bonds. The van der Waals surface area contributed by atoms with Gasteiger partial charge in [0.15, 0.2) is 0 Å². The molecule has 2 aliphatic heterocycles. The number of benzene rings is 1. The van der Waals surface area contributed by atoms with Gasteiger partial charge in [-0.1, -0.05) is 67.5 Å². The van der Waals surface area contributed by atoms with Crippen LogP contribution >= 0.6 is 10.3 Å². The van der Waals surface area contributed by atoms with E-state index < -0.39 is 15.9 Å². The Balaban J connectivity index is 1.74. The summed E-state index contributed by atoms with van der Waals surface area (Å²) in [6.07, 6.45) is 6.00. The zero-order valence-electron chi connectivity index (χ0n) is 28.1. The van der Waals surface area contributed by atoms with Crippen LogP contribution in [0.15, 0.2) is 24.3 Å². The van der Waals surface area contributed by atoms with E-state index in [9.17, 15) is 0 Å². The second kappa shape index (κ2) is 11.4. The first-order valence-corrected chi connectivity index (χ1v) is 18.3. The summed E-state index contributed by atoms with van der Waals surface area (Å²) in [6.45, 7) is 24.2. The molecule has 5 nitrogen and oxygen atoms in total. The maximum atomic E-state index is 7.45. The maximum absolute atomic E-state index is 7.45. The van der Waals surface area contributed by atoms with Gasteiger partial charge in [-0.2, -0.15) is 0 Å². The van der Waals surface area contributed by atoms with E-state index in [1.54, 1.807) is 0 Å². The van der Waals surface area contributed by atoms with Gasteiger partial charge in [-0.3, -0.25) is 4.98 Å². The van der Waals surface area contributed by atoms with Crippen molar-refractivity contribution in [2.45, 2.75) is 129 Å².